The van der Waals surface area contributed by atoms with Crippen molar-refractivity contribution >= 4 is 29.6 Å². The number of hydrogen-bond acceptors (Lipinski definition) is 3. The molecule has 0 fully saturated rings. The fraction of sp³-hybridized carbons (Fsp3) is 0.231. The van der Waals surface area contributed by atoms with Crippen molar-refractivity contribution in [1.29, 1.82) is 0 Å². The molecule has 1 aromatic carbocycles. The monoisotopic (exact) mass is 321 g/mol. The van der Waals surface area contributed by atoms with Gasteiger partial charge in [0, 0.05) is 11.1 Å². The third kappa shape index (κ3) is 5.47. The van der Waals surface area contributed by atoms with E-state index in [1.807, 2.05) is 0 Å². The third-order valence-electron chi connectivity index (χ3n) is 2.37. The van der Waals surface area contributed by atoms with Crippen LogP contribution >= 0.6 is 11.6 Å². The van der Waals surface area contributed by atoms with Gasteiger partial charge in [0.1, 0.15) is 6.54 Å². The van der Waals surface area contributed by atoms with Crippen LogP contribution in [0.15, 0.2) is 24.3 Å². The van der Waals surface area contributed by atoms with E-state index in [1.54, 1.807) is 0 Å². The Hall–Kier alpha value is -2.02. The number of amides is 1. The highest BCUT2D eigenvalue weighted by atomic mass is 35.5. The quantitative estimate of drug-likeness (QED) is 0.685. The van der Waals surface area contributed by atoms with Gasteiger partial charge in [-0.3, -0.25) is 9.59 Å². The van der Waals surface area contributed by atoms with Crippen LogP contribution in [0.2, 0.25) is 5.02 Å². The summed E-state index contributed by atoms with van der Waals surface area (Å²) in [5.41, 5.74) is -0.832. The molecule has 0 aliphatic carbocycles. The molecule has 0 spiro atoms. The van der Waals surface area contributed by atoms with E-state index in [0.29, 0.717) is 0 Å². The maximum Gasteiger partial charge on any atom is 0.416 e. The summed E-state index contributed by atoms with van der Waals surface area (Å²) in [7, 11) is 1.16. The molecule has 0 radical (unpaired) electrons. The molecule has 0 bridgehead atoms. The van der Waals surface area contributed by atoms with Gasteiger partial charge in [-0.1, -0.05) is 11.6 Å². The molecule has 0 aliphatic rings. The van der Waals surface area contributed by atoms with Crippen molar-refractivity contribution in [1.82, 2.24) is 5.32 Å². The lowest BCUT2D eigenvalue weighted by atomic mass is 10.1. The van der Waals surface area contributed by atoms with Crippen molar-refractivity contribution in [2.45, 2.75) is 6.18 Å². The molecule has 0 saturated heterocycles. The van der Waals surface area contributed by atoms with E-state index in [4.69, 9.17) is 11.6 Å². The summed E-state index contributed by atoms with van der Waals surface area (Å²) in [6.07, 6.45) is -2.39. The molecule has 114 valence electrons. The number of alkyl halides is 3. The average molecular weight is 322 g/mol. The molecule has 0 heterocycles. The normalized spacial score (nSPS) is 11.5. The predicted molar refractivity (Wildman–Crippen MR) is 70.5 cm³/mol. The van der Waals surface area contributed by atoms with Crippen LogP contribution in [0.4, 0.5) is 13.2 Å². The molecule has 0 unspecified atom stereocenters. The minimum absolute atomic E-state index is 0.0414. The van der Waals surface area contributed by atoms with E-state index in [0.717, 1.165) is 37.5 Å². The lowest BCUT2D eigenvalue weighted by molar-refractivity contribution is -0.140. The van der Waals surface area contributed by atoms with Crippen molar-refractivity contribution in [2.75, 3.05) is 13.7 Å². The van der Waals surface area contributed by atoms with Crippen molar-refractivity contribution in [3.63, 3.8) is 0 Å². The summed E-state index contributed by atoms with van der Waals surface area (Å²) in [5.74, 6) is -1.30. The summed E-state index contributed by atoms with van der Waals surface area (Å²) in [4.78, 5) is 22.2. The lowest BCUT2D eigenvalue weighted by Gasteiger charge is -2.08. The molecule has 4 nitrogen and oxygen atoms in total. The molecular formula is C13H11ClF3NO3. The number of ether oxygens (including phenoxy) is 1. The van der Waals surface area contributed by atoms with E-state index >= 15 is 0 Å². The number of halogens is 4. The molecule has 1 aromatic rings. The van der Waals surface area contributed by atoms with E-state index in [2.05, 4.69) is 10.1 Å². The predicted octanol–water partition coefficient (Wildman–Crippen LogP) is 2.66. The maximum atomic E-state index is 12.5. The average Bonchev–Trinajstić information content (AvgIpc) is 2.42. The fourth-order valence-corrected chi connectivity index (χ4v) is 1.48. The number of hydrogen-bond donors (Lipinski definition) is 1. The largest absolute Gasteiger partial charge is 0.468 e. The molecule has 1 rings (SSSR count). The van der Waals surface area contributed by atoms with Crippen LogP contribution in [0.3, 0.4) is 0 Å². The first-order chi connectivity index (χ1) is 9.74. The highest BCUT2D eigenvalue weighted by Crippen LogP contribution is 2.32. The zero-order valence-corrected chi connectivity index (χ0v) is 11.6. The summed E-state index contributed by atoms with van der Waals surface area (Å²) in [6.45, 7) is -0.337. The summed E-state index contributed by atoms with van der Waals surface area (Å²) in [5, 5.41) is 2.27. The molecular weight excluding hydrogens is 311 g/mol. The second-order valence-electron chi connectivity index (χ2n) is 3.86. The van der Waals surface area contributed by atoms with Gasteiger partial charge in [0.25, 0.3) is 0 Å². The van der Waals surface area contributed by atoms with Crippen LogP contribution in [0.5, 0.6) is 0 Å². The maximum absolute atomic E-state index is 12.5. The molecule has 0 saturated carbocycles. The van der Waals surface area contributed by atoms with Crippen molar-refractivity contribution in [3.8, 4) is 0 Å². The second kappa shape index (κ2) is 7.12. The van der Waals surface area contributed by atoms with Gasteiger partial charge in [-0.15, -0.1) is 0 Å². The molecule has 8 heteroatoms. The summed E-state index contributed by atoms with van der Waals surface area (Å²) >= 11 is 5.76. The van der Waals surface area contributed by atoms with Crippen molar-refractivity contribution in [3.05, 3.63) is 40.4 Å². The Morgan fingerprint density at radius 1 is 1.38 bits per heavy atom. The number of carbonyl (C=O) groups excluding carboxylic acids is 2. The zero-order chi connectivity index (χ0) is 16.0. The fourth-order valence-electron chi connectivity index (χ4n) is 1.30. The SMILES string of the molecule is COC(=O)CNC(=O)C=Cc1cc(C(F)(F)F)ccc1Cl. The number of benzene rings is 1. The van der Waals surface area contributed by atoms with Crippen LogP contribution in [-0.2, 0) is 20.5 Å². The second-order valence-corrected chi connectivity index (χ2v) is 4.27. The Morgan fingerprint density at radius 3 is 2.62 bits per heavy atom. The Kier molecular flexibility index (Phi) is 5.78. The number of rotatable bonds is 4. The topological polar surface area (TPSA) is 55.4 Å². The smallest absolute Gasteiger partial charge is 0.416 e. The standard InChI is InChI=1S/C13H11ClF3NO3/c1-21-12(20)7-18-11(19)5-2-8-6-9(13(15,16)17)3-4-10(8)14/h2-6H,7H2,1H3,(H,18,19). The third-order valence-corrected chi connectivity index (χ3v) is 2.72. The first-order valence-electron chi connectivity index (χ1n) is 5.63. The first kappa shape index (κ1) is 17.0. The van der Waals surface area contributed by atoms with Gasteiger partial charge in [-0.25, -0.2) is 0 Å². The van der Waals surface area contributed by atoms with E-state index in [9.17, 15) is 22.8 Å². The Balaban J connectivity index is 2.80. The minimum atomic E-state index is -4.50. The van der Waals surface area contributed by atoms with Gasteiger partial charge < -0.3 is 10.1 Å². The van der Waals surface area contributed by atoms with Gasteiger partial charge in [0.2, 0.25) is 5.91 Å². The van der Waals surface area contributed by atoms with Crippen LogP contribution in [0.25, 0.3) is 6.08 Å². The van der Waals surface area contributed by atoms with Crippen LogP contribution in [0, 0.1) is 0 Å². The van der Waals surface area contributed by atoms with E-state index in [-0.39, 0.29) is 17.1 Å². The molecule has 0 atom stereocenters. The Morgan fingerprint density at radius 2 is 2.05 bits per heavy atom. The number of esters is 1. The minimum Gasteiger partial charge on any atom is -0.468 e. The zero-order valence-electron chi connectivity index (χ0n) is 10.8. The van der Waals surface area contributed by atoms with Gasteiger partial charge in [0.15, 0.2) is 0 Å². The number of nitrogens with one attached hydrogen (secondary N) is 1. The number of methoxy groups -OCH3 is 1. The summed E-state index contributed by atoms with van der Waals surface area (Å²) < 4.78 is 42.0. The Bertz CT molecular complexity index is 570. The molecule has 0 aromatic heterocycles. The van der Waals surface area contributed by atoms with Gasteiger partial charge >= 0.3 is 12.1 Å². The number of carbonyl (C=O) groups is 2. The van der Waals surface area contributed by atoms with Crippen molar-refractivity contribution < 1.29 is 27.5 Å². The van der Waals surface area contributed by atoms with Gasteiger partial charge in [-0.05, 0) is 29.8 Å². The highest BCUT2D eigenvalue weighted by molar-refractivity contribution is 6.32. The molecule has 21 heavy (non-hydrogen) atoms. The van der Waals surface area contributed by atoms with Gasteiger partial charge in [-0.2, -0.15) is 13.2 Å². The highest BCUT2D eigenvalue weighted by Gasteiger charge is 2.30. The Labute approximate surface area is 123 Å². The molecule has 0 aliphatic heterocycles. The molecule has 1 N–H and O–H groups in total. The van der Waals surface area contributed by atoms with Crippen LogP contribution in [-0.4, -0.2) is 25.5 Å². The van der Waals surface area contributed by atoms with E-state index in [1.165, 1.54) is 0 Å². The lowest BCUT2D eigenvalue weighted by Crippen LogP contribution is -2.28. The van der Waals surface area contributed by atoms with Gasteiger partial charge in [0.05, 0.1) is 12.7 Å². The summed E-state index contributed by atoms with van der Waals surface area (Å²) in [6, 6.07) is 2.76. The molecule has 1 amide bonds. The van der Waals surface area contributed by atoms with Crippen LogP contribution < -0.4 is 5.32 Å². The van der Waals surface area contributed by atoms with Crippen LogP contribution in [0.1, 0.15) is 11.1 Å². The van der Waals surface area contributed by atoms with Crippen molar-refractivity contribution in [2.24, 2.45) is 0 Å². The van der Waals surface area contributed by atoms with E-state index < -0.39 is 23.6 Å². The first-order valence-corrected chi connectivity index (χ1v) is 6.01.